The first kappa shape index (κ1) is 14.8. The summed E-state index contributed by atoms with van der Waals surface area (Å²) in [6.45, 7) is 1.98. The Bertz CT molecular complexity index is 472. The van der Waals surface area contributed by atoms with Crippen LogP contribution < -0.4 is 0 Å². The highest BCUT2D eigenvalue weighted by Gasteiger charge is 2.56. The Balaban J connectivity index is 2.42. The molecule has 0 saturated heterocycles. The number of ether oxygens (including phenoxy) is 2. The second kappa shape index (κ2) is 5.38. The average Bonchev–Trinajstić information content (AvgIpc) is 2.78. The predicted molar refractivity (Wildman–Crippen MR) is 70.7 cm³/mol. The summed E-state index contributed by atoms with van der Waals surface area (Å²) in [6.07, 6.45) is 2.29. The zero-order valence-electron chi connectivity index (χ0n) is 12.2. The molecule has 0 radical (unpaired) electrons. The maximum absolute atomic E-state index is 12.1. The maximum Gasteiger partial charge on any atom is 0.323 e. The Morgan fingerprint density at radius 2 is 1.75 bits per heavy atom. The standard InChI is InChI=1S/C15H20O5/c1-9-4-5-11(16)6-10-7-15(8-12(9)10,13(17)19-2)14(18)20-3/h10H,4-8H2,1-3H3. The van der Waals surface area contributed by atoms with E-state index in [-0.39, 0.29) is 11.7 Å². The molecule has 1 unspecified atom stereocenters. The molecule has 5 nitrogen and oxygen atoms in total. The molecule has 110 valence electrons. The van der Waals surface area contributed by atoms with Crippen LogP contribution in [0.25, 0.3) is 0 Å². The highest BCUT2D eigenvalue weighted by Crippen LogP contribution is 2.51. The monoisotopic (exact) mass is 280 g/mol. The minimum absolute atomic E-state index is 0.0387. The van der Waals surface area contributed by atoms with Crippen molar-refractivity contribution < 1.29 is 23.9 Å². The second-order valence-electron chi connectivity index (χ2n) is 5.69. The Morgan fingerprint density at radius 1 is 1.15 bits per heavy atom. The number of methoxy groups -OCH3 is 2. The molecule has 5 heteroatoms. The second-order valence-corrected chi connectivity index (χ2v) is 5.69. The van der Waals surface area contributed by atoms with Crippen LogP contribution in [-0.4, -0.2) is 31.9 Å². The molecule has 0 aromatic carbocycles. The van der Waals surface area contributed by atoms with Crippen LogP contribution in [0.5, 0.6) is 0 Å². The Morgan fingerprint density at radius 3 is 2.30 bits per heavy atom. The van der Waals surface area contributed by atoms with Gasteiger partial charge in [0.05, 0.1) is 14.2 Å². The molecule has 0 aromatic heterocycles. The smallest absolute Gasteiger partial charge is 0.323 e. The van der Waals surface area contributed by atoms with Gasteiger partial charge in [0, 0.05) is 12.8 Å². The molecule has 1 fully saturated rings. The Labute approximate surface area is 118 Å². The SMILES string of the molecule is COC(=O)C1(C(=O)OC)CC2=C(C)CCC(=O)CC2C1. The number of hydrogen-bond donors (Lipinski definition) is 0. The normalized spacial score (nSPS) is 24.9. The zero-order valence-corrected chi connectivity index (χ0v) is 12.2. The molecule has 0 aromatic rings. The molecule has 20 heavy (non-hydrogen) atoms. The van der Waals surface area contributed by atoms with Crippen molar-refractivity contribution in [2.75, 3.05) is 14.2 Å². The van der Waals surface area contributed by atoms with Crippen LogP contribution in [0.1, 0.15) is 39.0 Å². The number of esters is 2. The van der Waals surface area contributed by atoms with Gasteiger partial charge >= 0.3 is 11.9 Å². The van der Waals surface area contributed by atoms with Gasteiger partial charge in [-0.2, -0.15) is 0 Å². The molecule has 0 spiro atoms. The summed E-state index contributed by atoms with van der Waals surface area (Å²) in [6, 6.07) is 0. The molecule has 2 aliphatic rings. The summed E-state index contributed by atoms with van der Waals surface area (Å²) in [5, 5.41) is 0. The third-order valence-electron chi connectivity index (χ3n) is 4.53. The molecule has 0 heterocycles. The van der Waals surface area contributed by atoms with Crippen LogP contribution in [0.15, 0.2) is 11.1 Å². The van der Waals surface area contributed by atoms with Crippen LogP contribution in [0.2, 0.25) is 0 Å². The summed E-state index contributed by atoms with van der Waals surface area (Å²) in [5.41, 5.74) is 0.907. The average molecular weight is 280 g/mol. The summed E-state index contributed by atoms with van der Waals surface area (Å²) in [7, 11) is 2.54. The Kier molecular flexibility index (Phi) is 3.97. The number of hydrogen-bond acceptors (Lipinski definition) is 5. The first-order valence-electron chi connectivity index (χ1n) is 6.81. The lowest BCUT2D eigenvalue weighted by atomic mass is 9.84. The summed E-state index contributed by atoms with van der Waals surface area (Å²) < 4.78 is 9.63. The fourth-order valence-electron chi connectivity index (χ4n) is 3.43. The first-order valence-corrected chi connectivity index (χ1v) is 6.81. The molecule has 0 amide bonds. The maximum atomic E-state index is 12.1. The van der Waals surface area contributed by atoms with Gasteiger partial charge in [0.25, 0.3) is 0 Å². The predicted octanol–water partition coefficient (Wildman–Crippen LogP) is 1.80. The van der Waals surface area contributed by atoms with Crippen LogP contribution in [0, 0.1) is 11.3 Å². The third-order valence-corrected chi connectivity index (χ3v) is 4.53. The molecule has 2 aliphatic carbocycles. The third kappa shape index (κ3) is 2.25. The molecular formula is C15H20O5. The Hall–Kier alpha value is -1.65. The summed E-state index contributed by atoms with van der Waals surface area (Å²) >= 11 is 0. The topological polar surface area (TPSA) is 69.7 Å². The number of ketones is 1. The molecule has 1 saturated carbocycles. The minimum atomic E-state index is -1.28. The van der Waals surface area contributed by atoms with E-state index in [4.69, 9.17) is 9.47 Å². The van der Waals surface area contributed by atoms with E-state index in [2.05, 4.69) is 0 Å². The lowest BCUT2D eigenvalue weighted by molar-refractivity contribution is -0.168. The van der Waals surface area contributed by atoms with E-state index in [1.807, 2.05) is 6.92 Å². The number of allylic oxidation sites excluding steroid dienone is 2. The molecule has 0 bridgehead atoms. The fourth-order valence-corrected chi connectivity index (χ4v) is 3.43. The summed E-state index contributed by atoms with van der Waals surface area (Å²) in [5.74, 6) is -0.978. The lowest BCUT2D eigenvalue weighted by Crippen LogP contribution is -2.39. The zero-order chi connectivity index (χ0) is 14.9. The number of Topliss-reactive ketones (excluding diaryl/α,β-unsaturated/α-hetero) is 1. The van der Waals surface area contributed by atoms with Gasteiger partial charge in [0.15, 0.2) is 5.41 Å². The quantitative estimate of drug-likeness (QED) is 0.438. The number of rotatable bonds is 2. The van der Waals surface area contributed by atoms with E-state index in [0.717, 1.165) is 11.1 Å². The summed E-state index contributed by atoms with van der Waals surface area (Å²) in [4.78, 5) is 36.0. The molecule has 2 rings (SSSR count). The van der Waals surface area contributed by atoms with Crippen LogP contribution >= 0.6 is 0 Å². The lowest BCUT2D eigenvalue weighted by Gasteiger charge is -2.22. The largest absolute Gasteiger partial charge is 0.468 e. The minimum Gasteiger partial charge on any atom is -0.468 e. The number of carbonyl (C=O) groups excluding carboxylic acids is 3. The highest BCUT2D eigenvalue weighted by molar-refractivity contribution is 6.01. The molecular weight excluding hydrogens is 260 g/mol. The van der Waals surface area contributed by atoms with Gasteiger partial charge in [-0.15, -0.1) is 0 Å². The van der Waals surface area contributed by atoms with Crippen LogP contribution in [0.3, 0.4) is 0 Å². The van der Waals surface area contributed by atoms with Gasteiger partial charge in [-0.25, -0.2) is 0 Å². The van der Waals surface area contributed by atoms with E-state index >= 15 is 0 Å². The molecule has 0 N–H and O–H groups in total. The van der Waals surface area contributed by atoms with Gasteiger partial charge < -0.3 is 9.47 Å². The van der Waals surface area contributed by atoms with E-state index in [9.17, 15) is 14.4 Å². The van der Waals surface area contributed by atoms with Crippen molar-refractivity contribution >= 4 is 17.7 Å². The van der Waals surface area contributed by atoms with Gasteiger partial charge in [-0.1, -0.05) is 11.1 Å². The molecule has 0 aliphatic heterocycles. The van der Waals surface area contributed by atoms with Crippen molar-refractivity contribution in [2.45, 2.75) is 39.0 Å². The number of fused-ring (bicyclic) bond motifs is 1. The van der Waals surface area contributed by atoms with E-state index < -0.39 is 17.4 Å². The van der Waals surface area contributed by atoms with Crippen molar-refractivity contribution in [3.63, 3.8) is 0 Å². The van der Waals surface area contributed by atoms with Crippen LogP contribution in [0.4, 0.5) is 0 Å². The first-order chi connectivity index (χ1) is 9.44. The van der Waals surface area contributed by atoms with E-state index in [1.54, 1.807) is 0 Å². The van der Waals surface area contributed by atoms with Gasteiger partial charge in [-0.3, -0.25) is 14.4 Å². The fraction of sp³-hybridized carbons (Fsp3) is 0.667. The van der Waals surface area contributed by atoms with Crippen molar-refractivity contribution in [3.05, 3.63) is 11.1 Å². The van der Waals surface area contributed by atoms with Crippen molar-refractivity contribution in [1.82, 2.24) is 0 Å². The van der Waals surface area contributed by atoms with Crippen molar-refractivity contribution in [1.29, 1.82) is 0 Å². The molecule has 1 atom stereocenters. The van der Waals surface area contributed by atoms with Crippen LogP contribution in [-0.2, 0) is 23.9 Å². The number of carbonyl (C=O) groups is 3. The van der Waals surface area contributed by atoms with E-state index in [1.165, 1.54) is 14.2 Å². The van der Waals surface area contributed by atoms with Gasteiger partial charge in [0.2, 0.25) is 0 Å². The highest BCUT2D eigenvalue weighted by atomic mass is 16.5. The van der Waals surface area contributed by atoms with Gasteiger partial charge in [0.1, 0.15) is 5.78 Å². The van der Waals surface area contributed by atoms with Crippen molar-refractivity contribution in [2.24, 2.45) is 11.3 Å². The van der Waals surface area contributed by atoms with E-state index in [0.29, 0.717) is 32.1 Å². The van der Waals surface area contributed by atoms with Crippen molar-refractivity contribution in [3.8, 4) is 0 Å². The van der Waals surface area contributed by atoms with Gasteiger partial charge in [-0.05, 0) is 32.1 Å².